The van der Waals surface area contributed by atoms with Crippen LogP contribution in [0.2, 0.25) is 5.02 Å². The van der Waals surface area contributed by atoms with Gasteiger partial charge < -0.3 is 15.4 Å². The van der Waals surface area contributed by atoms with Crippen LogP contribution >= 0.6 is 23.8 Å². The Morgan fingerprint density at radius 3 is 2.81 bits per heavy atom. The van der Waals surface area contributed by atoms with Crippen LogP contribution in [0.4, 0.5) is 5.69 Å². The normalized spacial score (nSPS) is 14.4. The minimum atomic E-state index is 0.539. The van der Waals surface area contributed by atoms with Crippen LogP contribution in [0.5, 0.6) is 5.75 Å². The van der Waals surface area contributed by atoms with Crippen molar-refractivity contribution in [1.82, 2.24) is 5.32 Å². The van der Waals surface area contributed by atoms with Gasteiger partial charge in [0.2, 0.25) is 0 Å². The van der Waals surface area contributed by atoms with Crippen LogP contribution in [0.3, 0.4) is 0 Å². The van der Waals surface area contributed by atoms with E-state index in [2.05, 4.69) is 10.6 Å². The third kappa shape index (κ3) is 3.00. The lowest BCUT2D eigenvalue weighted by Gasteiger charge is -2.11. The number of ether oxygens (including phenoxy) is 1. The van der Waals surface area contributed by atoms with E-state index in [1.165, 1.54) is 12.8 Å². The topological polar surface area (TPSA) is 33.3 Å². The van der Waals surface area contributed by atoms with E-state index < -0.39 is 0 Å². The number of nitrogens with one attached hydrogen (secondary N) is 2. The van der Waals surface area contributed by atoms with E-state index in [0.29, 0.717) is 16.2 Å². The second-order valence-corrected chi connectivity index (χ2v) is 4.53. The lowest BCUT2D eigenvalue weighted by atomic mass is 10.3. The number of anilines is 1. The van der Waals surface area contributed by atoms with Crippen molar-refractivity contribution in [3.63, 3.8) is 0 Å². The van der Waals surface area contributed by atoms with E-state index in [9.17, 15) is 0 Å². The summed E-state index contributed by atoms with van der Waals surface area (Å²) >= 11 is 11.2. The highest BCUT2D eigenvalue weighted by atomic mass is 35.5. The van der Waals surface area contributed by atoms with E-state index in [0.717, 1.165) is 11.4 Å². The lowest BCUT2D eigenvalue weighted by Crippen LogP contribution is -2.30. The molecule has 0 amide bonds. The summed E-state index contributed by atoms with van der Waals surface area (Å²) in [6.45, 7) is 0. The number of halogens is 1. The van der Waals surface area contributed by atoms with Gasteiger partial charge in [-0.3, -0.25) is 0 Å². The predicted molar refractivity (Wildman–Crippen MR) is 70.4 cm³/mol. The summed E-state index contributed by atoms with van der Waals surface area (Å²) in [5.74, 6) is 0.733. The van der Waals surface area contributed by atoms with Crippen molar-refractivity contribution in [3.05, 3.63) is 23.2 Å². The molecule has 1 saturated carbocycles. The standard InChI is InChI=1S/C11H13ClN2OS/c1-15-8-4-5-10(9(12)6-8)14-11(16)13-7-2-3-7/h4-7H,2-3H2,1H3,(H2,13,14,16). The molecule has 0 aliphatic heterocycles. The van der Waals surface area contributed by atoms with Crippen molar-refractivity contribution < 1.29 is 4.74 Å². The van der Waals surface area contributed by atoms with E-state index in [-0.39, 0.29) is 0 Å². The zero-order chi connectivity index (χ0) is 11.5. The number of rotatable bonds is 3. The molecular weight excluding hydrogens is 244 g/mol. The molecule has 1 aliphatic carbocycles. The molecule has 0 spiro atoms. The maximum Gasteiger partial charge on any atom is 0.171 e. The fourth-order valence-electron chi connectivity index (χ4n) is 1.30. The first-order valence-electron chi connectivity index (χ1n) is 5.10. The largest absolute Gasteiger partial charge is 0.497 e. The van der Waals surface area contributed by atoms with Gasteiger partial charge in [0, 0.05) is 12.1 Å². The van der Waals surface area contributed by atoms with Gasteiger partial charge in [-0.1, -0.05) is 11.6 Å². The van der Waals surface area contributed by atoms with Gasteiger partial charge in [-0.05, 0) is 37.2 Å². The molecule has 86 valence electrons. The Bertz CT molecular complexity index is 407. The number of hydrogen-bond donors (Lipinski definition) is 2. The summed E-state index contributed by atoms with van der Waals surface area (Å²) < 4.78 is 5.07. The number of benzene rings is 1. The highest BCUT2D eigenvalue weighted by molar-refractivity contribution is 7.80. The summed E-state index contributed by atoms with van der Waals surface area (Å²) in [5, 5.41) is 7.47. The van der Waals surface area contributed by atoms with E-state index in [1.807, 2.05) is 12.1 Å². The average molecular weight is 257 g/mol. The molecule has 0 atom stereocenters. The lowest BCUT2D eigenvalue weighted by molar-refractivity contribution is 0.415. The molecule has 2 N–H and O–H groups in total. The number of methoxy groups -OCH3 is 1. The molecule has 0 radical (unpaired) electrons. The van der Waals surface area contributed by atoms with Crippen LogP contribution < -0.4 is 15.4 Å². The highest BCUT2D eigenvalue weighted by Gasteiger charge is 2.21. The van der Waals surface area contributed by atoms with Crippen LogP contribution in [-0.2, 0) is 0 Å². The zero-order valence-corrected chi connectivity index (χ0v) is 10.5. The number of thiocarbonyl (C=S) groups is 1. The Morgan fingerprint density at radius 1 is 1.50 bits per heavy atom. The molecule has 0 aromatic heterocycles. The van der Waals surface area contributed by atoms with Gasteiger partial charge in [-0.2, -0.15) is 0 Å². The third-order valence-corrected chi connectivity index (χ3v) is 2.87. The molecule has 1 aromatic carbocycles. The molecule has 0 bridgehead atoms. The Kier molecular flexibility index (Phi) is 3.51. The van der Waals surface area contributed by atoms with Crippen LogP contribution in [0, 0.1) is 0 Å². The second kappa shape index (κ2) is 4.89. The SMILES string of the molecule is COc1ccc(NC(=S)NC2CC2)c(Cl)c1. The predicted octanol–water partition coefficient (Wildman–Crippen LogP) is 2.80. The molecule has 3 nitrogen and oxygen atoms in total. The first kappa shape index (κ1) is 11.5. The summed E-state index contributed by atoms with van der Waals surface area (Å²) in [4.78, 5) is 0. The maximum atomic E-state index is 6.07. The van der Waals surface area contributed by atoms with Gasteiger partial charge in [-0.25, -0.2) is 0 Å². The van der Waals surface area contributed by atoms with Crippen LogP contribution in [0.1, 0.15) is 12.8 Å². The van der Waals surface area contributed by atoms with E-state index in [4.69, 9.17) is 28.6 Å². The van der Waals surface area contributed by atoms with Crippen LogP contribution in [0.15, 0.2) is 18.2 Å². The van der Waals surface area contributed by atoms with Crippen LogP contribution in [-0.4, -0.2) is 18.3 Å². The minimum Gasteiger partial charge on any atom is -0.497 e. The molecule has 16 heavy (non-hydrogen) atoms. The van der Waals surface area contributed by atoms with Gasteiger partial charge in [0.1, 0.15) is 5.75 Å². The van der Waals surface area contributed by atoms with E-state index >= 15 is 0 Å². The molecule has 2 rings (SSSR count). The first-order valence-corrected chi connectivity index (χ1v) is 5.88. The molecule has 5 heteroatoms. The van der Waals surface area contributed by atoms with Gasteiger partial charge >= 0.3 is 0 Å². The van der Waals surface area contributed by atoms with Crippen molar-refractivity contribution in [2.45, 2.75) is 18.9 Å². The van der Waals surface area contributed by atoms with Crippen molar-refractivity contribution >= 4 is 34.6 Å². The smallest absolute Gasteiger partial charge is 0.171 e. The Morgan fingerprint density at radius 2 is 2.25 bits per heavy atom. The Hall–Kier alpha value is -1.00. The summed E-state index contributed by atoms with van der Waals surface area (Å²) in [6.07, 6.45) is 2.39. The first-order chi connectivity index (χ1) is 7.69. The number of hydrogen-bond acceptors (Lipinski definition) is 2. The van der Waals surface area contributed by atoms with Crippen molar-refractivity contribution in [2.24, 2.45) is 0 Å². The molecular formula is C11H13ClN2OS. The molecule has 1 aromatic rings. The van der Waals surface area contributed by atoms with E-state index in [1.54, 1.807) is 13.2 Å². The fraction of sp³-hybridized carbons (Fsp3) is 0.364. The van der Waals surface area contributed by atoms with Gasteiger partial charge in [0.05, 0.1) is 17.8 Å². The van der Waals surface area contributed by atoms with Gasteiger partial charge in [0.15, 0.2) is 5.11 Å². The highest BCUT2D eigenvalue weighted by Crippen LogP contribution is 2.27. The third-order valence-electron chi connectivity index (χ3n) is 2.34. The fourth-order valence-corrected chi connectivity index (χ4v) is 1.79. The molecule has 1 fully saturated rings. The summed E-state index contributed by atoms with van der Waals surface area (Å²) in [6, 6.07) is 5.98. The average Bonchev–Trinajstić information content (AvgIpc) is 3.05. The quantitative estimate of drug-likeness (QED) is 0.815. The zero-order valence-electron chi connectivity index (χ0n) is 8.92. The molecule has 0 unspecified atom stereocenters. The Labute approximate surface area is 105 Å². The second-order valence-electron chi connectivity index (χ2n) is 3.72. The van der Waals surface area contributed by atoms with Crippen LogP contribution in [0.25, 0.3) is 0 Å². The molecule has 0 heterocycles. The summed E-state index contributed by atoms with van der Waals surface area (Å²) in [7, 11) is 1.61. The van der Waals surface area contributed by atoms with Gasteiger partial charge in [0.25, 0.3) is 0 Å². The monoisotopic (exact) mass is 256 g/mol. The minimum absolute atomic E-state index is 0.539. The van der Waals surface area contributed by atoms with Gasteiger partial charge in [-0.15, -0.1) is 0 Å². The molecule has 1 aliphatic rings. The van der Waals surface area contributed by atoms with Crippen molar-refractivity contribution in [3.8, 4) is 5.75 Å². The maximum absolute atomic E-state index is 6.07. The summed E-state index contributed by atoms with van der Waals surface area (Å²) in [5.41, 5.74) is 0.792. The Balaban J connectivity index is 1.99. The molecule has 0 saturated heterocycles. The van der Waals surface area contributed by atoms with Crippen molar-refractivity contribution in [1.29, 1.82) is 0 Å². The van der Waals surface area contributed by atoms with Crippen molar-refractivity contribution in [2.75, 3.05) is 12.4 Å².